The van der Waals surface area contributed by atoms with Gasteiger partial charge in [0.05, 0.1) is 17.7 Å². The molecule has 1 fully saturated rings. The topological polar surface area (TPSA) is 69.6 Å². The van der Waals surface area contributed by atoms with Crippen molar-refractivity contribution in [3.8, 4) is 0 Å². The van der Waals surface area contributed by atoms with Crippen molar-refractivity contribution in [2.45, 2.75) is 31.9 Å². The SMILES string of the molecule is CC(=O)N[C@H]1CCN(C(=O)c2ccsc2)CC[C@@H]1O. The summed E-state index contributed by atoms with van der Waals surface area (Å²) < 4.78 is 0. The summed E-state index contributed by atoms with van der Waals surface area (Å²) >= 11 is 1.49. The van der Waals surface area contributed by atoms with Crippen molar-refractivity contribution in [2.24, 2.45) is 0 Å². The van der Waals surface area contributed by atoms with E-state index in [1.54, 1.807) is 11.0 Å². The predicted octanol–water partition coefficient (Wildman–Crippen LogP) is 0.850. The molecule has 1 aliphatic rings. The lowest BCUT2D eigenvalue weighted by atomic mass is 10.1. The molecule has 104 valence electrons. The molecule has 0 radical (unpaired) electrons. The van der Waals surface area contributed by atoms with E-state index in [-0.39, 0.29) is 17.9 Å². The molecular formula is C13H18N2O3S. The van der Waals surface area contributed by atoms with E-state index in [9.17, 15) is 14.7 Å². The fraction of sp³-hybridized carbons (Fsp3) is 0.538. The molecule has 19 heavy (non-hydrogen) atoms. The van der Waals surface area contributed by atoms with Crippen molar-refractivity contribution in [2.75, 3.05) is 13.1 Å². The van der Waals surface area contributed by atoms with Crippen LogP contribution in [-0.4, -0.2) is 47.1 Å². The van der Waals surface area contributed by atoms with Crippen LogP contribution in [0.15, 0.2) is 16.8 Å². The minimum absolute atomic E-state index is 0.00285. The van der Waals surface area contributed by atoms with E-state index < -0.39 is 6.10 Å². The highest BCUT2D eigenvalue weighted by molar-refractivity contribution is 7.08. The van der Waals surface area contributed by atoms with Crippen molar-refractivity contribution in [1.29, 1.82) is 0 Å². The van der Waals surface area contributed by atoms with Crippen LogP contribution < -0.4 is 5.32 Å². The molecule has 2 rings (SSSR count). The molecule has 0 saturated carbocycles. The van der Waals surface area contributed by atoms with Gasteiger partial charge in [0.25, 0.3) is 5.91 Å². The molecular weight excluding hydrogens is 264 g/mol. The molecule has 1 aliphatic heterocycles. The van der Waals surface area contributed by atoms with Crippen molar-refractivity contribution in [3.05, 3.63) is 22.4 Å². The maximum atomic E-state index is 12.2. The summed E-state index contributed by atoms with van der Waals surface area (Å²) in [7, 11) is 0. The minimum atomic E-state index is -0.593. The van der Waals surface area contributed by atoms with Crippen LogP contribution >= 0.6 is 11.3 Å². The predicted molar refractivity (Wildman–Crippen MR) is 73.1 cm³/mol. The van der Waals surface area contributed by atoms with Crippen molar-refractivity contribution >= 4 is 23.2 Å². The Bertz CT molecular complexity index is 447. The first-order valence-corrected chi connectivity index (χ1v) is 7.29. The maximum absolute atomic E-state index is 12.2. The Hall–Kier alpha value is -1.40. The lowest BCUT2D eigenvalue weighted by Gasteiger charge is -2.20. The van der Waals surface area contributed by atoms with Gasteiger partial charge in [0.1, 0.15) is 0 Å². The largest absolute Gasteiger partial charge is 0.391 e. The standard InChI is InChI=1S/C13H18N2O3S/c1-9(16)14-11-2-5-15(6-3-12(11)17)13(18)10-4-7-19-8-10/h4,7-8,11-12,17H,2-3,5-6H2,1H3,(H,14,16)/t11-,12-/m0/s1. The molecule has 0 unspecified atom stereocenters. The Morgan fingerprint density at radius 2 is 2.16 bits per heavy atom. The second kappa shape index (κ2) is 6.16. The Kier molecular flexibility index (Phi) is 4.55. The van der Waals surface area contributed by atoms with Crippen molar-refractivity contribution in [3.63, 3.8) is 0 Å². The van der Waals surface area contributed by atoms with Gasteiger partial charge < -0.3 is 15.3 Å². The molecule has 0 aliphatic carbocycles. The lowest BCUT2D eigenvalue weighted by molar-refractivity contribution is -0.120. The molecule has 2 N–H and O–H groups in total. The van der Waals surface area contributed by atoms with Crippen LogP contribution in [0.5, 0.6) is 0 Å². The normalized spacial score (nSPS) is 23.8. The van der Waals surface area contributed by atoms with Crippen LogP contribution in [0, 0.1) is 0 Å². The number of thiophene rings is 1. The van der Waals surface area contributed by atoms with Gasteiger partial charge in [0, 0.05) is 25.4 Å². The van der Waals surface area contributed by atoms with Gasteiger partial charge in [-0.3, -0.25) is 9.59 Å². The summed E-state index contributed by atoms with van der Waals surface area (Å²) in [4.78, 5) is 25.0. The number of hydrogen-bond donors (Lipinski definition) is 2. The lowest BCUT2D eigenvalue weighted by Crippen LogP contribution is -2.42. The number of nitrogens with one attached hydrogen (secondary N) is 1. The van der Waals surface area contributed by atoms with Gasteiger partial charge in [-0.05, 0) is 24.3 Å². The van der Waals surface area contributed by atoms with Crippen LogP contribution in [-0.2, 0) is 4.79 Å². The molecule has 0 bridgehead atoms. The zero-order valence-corrected chi connectivity index (χ0v) is 11.7. The number of nitrogens with zero attached hydrogens (tertiary/aromatic N) is 1. The fourth-order valence-electron chi connectivity index (χ4n) is 2.29. The van der Waals surface area contributed by atoms with Gasteiger partial charge in [-0.15, -0.1) is 0 Å². The Balaban J connectivity index is 1.99. The van der Waals surface area contributed by atoms with Gasteiger partial charge in [-0.2, -0.15) is 11.3 Å². The third-order valence-electron chi connectivity index (χ3n) is 3.31. The number of aliphatic hydroxyl groups is 1. The molecule has 1 aromatic rings. The molecule has 2 atom stereocenters. The van der Waals surface area contributed by atoms with Gasteiger partial charge in [0.15, 0.2) is 0 Å². The summed E-state index contributed by atoms with van der Waals surface area (Å²) in [5.41, 5.74) is 0.692. The number of rotatable bonds is 2. The summed E-state index contributed by atoms with van der Waals surface area (Å²) in [6.07, 6.45) is 0.474. The molecule has 2 amide bonds. The number of likely N-dealkylation sites (tertiary alicyclic amines) is 1. The molecule has 0 spiro atoms. The number of carbonyl (C=O) groups excluding carboxylic acids is 2. The quantitative estimate of drug-likeness (QED) is 0.845. The second-order valence-electron chi connectivity index (χ2n) is 4.76. The summed E-state index contributed by atoms with van der Waals surface area (Å²) in [5, 5.41) is 16.4. The minimum Gasteiger partial charge on any atom is -0.391 e. The summed E-state index contributed by atoms with van der Waals surface area (Å²) in [5.74, 6) is -0.154. The summed E-state index contributed by atoms with van der Waals surface area (Å²) in [6, 6.07) is 1.54. The highest BCUT2D eigenvalue weighted by atomic mass is 32.1. The monoisotopic (exact) mass is 282 g/mol. The highest BCUT2D eigenvalue weighted by Crippen LogP contribution is 2.16. The third kappa shape index (κ3) is 3.54. The Morgan fingerprint density at radius 3 is 2.79 bits per heavy atom. The van der Waals surface area contributed by atoms with Gasteiger partial charge in [-0.25, -0.2) is 0 Å². The number of aliphatic hydroxyl groups excluding tert-OH is 1. The van der Waals surface area contributed by atoms with E-state index >= 15 is 0 Å². The Morgan fingerprint density at radius 1 is 1.42 bits per heavy atom. The van der Waals surface area contributed by atoms with Crippen LogP contribution in [0.4, 0.5) is 0 Å². The first-order chi connectivity index (χ1) is 9.08. The molecule has 0 aromatic carbocycles. The van der Waals surface area contributed by atoms with Gasteiger partial charge >= 0.3 is 0 Å². The Labute approximate surface area is 116 Å². The van der Waals surface area contributed by atoms with E-state index in [1.807, 2.05) is 10.8 Å². The smallest absolute Gasteiger partial charge is 0.254 e. The first kappa shape index (κ1) is 14.0. The molecule has 6 heteroatoms. The second-order valence-corrected chi connectivity index (χ2v) is 5.54. The fourth-order valence-corrected chi connectivity index (χ4v) is 2.92. The average Bonchev–Trinajstić information content (AvgIpc) is 2.83. The van der Waals surface area contributed by atoms with Gasteiger partial charge in [-0.1, -0.05) is 0 Å². The van der Waals surface area contributed by atoms with E-state index in [2.05, 4.69) is 5.32 Å². The zero-order chi connectivity index (χ0) is 13.8. The summed E-state index contributed by atoms with van der Waals surface area (Å²) in [6.45, 7) is 2.51. The van der Waals surface area contributed by atoms with Crippen LogP contribution in [0.2, 0.25) is 0 Å². The maximum Gasteiger partial charge on any atom is 0.254 e. The third-order valence-corrected chi connectivity index (χ3v) is 4.00. The van der Waals surface area contributed by atoms with E-state index in [0.717, 1.165) is 0 Å². The van der Waals surface area contributed by atoms with Crippen molar-refractivity contribution < 1.29 is 14.7 Å². The first-order valence-electron chi connectivity index (χ1n) is 6.34. The van der Waals surface area contributed by atoms with E-state index in [1.165, 1.54) is 18.3 Å². The number of hydrogen-bond acceptors (Lipinski definition) is 4. The highest BCUT2D eigenvalue weighted by Gasteiger charge is 2.27. The van der Waals surface area contributed by atoms with Crippen molar-refractivity contribution in [1.82, 2.24) is 10.2 Å². The molecule has 1 aromatic heterocycles. The molecule has 5 nitrogen and oxygen atoms in total. The van der Waals surface area contributed by atoms with Crippen LogP contribution in [0.3, 0.4) is 0 Å². The van der Waals surface area contributed by atoms with Gasteiger partial charge in [0.2, 0.25) is 5.91 Å². The molecule has 1 saturated heterocycles. The average molecular weight is 282 g/mol. The van der Waals surface area contributed by atoms with Crippen LogP contribution in [0.25, 0.3) is 0 Å². The molecule has 2 heterocycles. The zero-order valence-electron chi connectivity index (χ0n) is 10.8. The van der Waals surface area contributed by atoms with Crippen LogP contribution in [0.1, 0.15) is 30.1 Å². The number of carbonyl (C=O) groups is 2. The van der Waals surface area contributed by atoms with E-state index in [0.29, 0.717) is 31.5 Å². The number of amides is 2. The van der Waals surface area contributed by atoms with E-state index in [4.69, 9.17) is 0 Å².